The molecule has 0 radical (unpaired) electrons. The third-order valence-electron chi connectivity index (χ3n) is 2.22. The Kier molecular flexibility index (Phi) is 1.84. The molecular formula is C9H11NO3. The van der Waals surface area contributed by atoms with Crippen LogP contribution >= 0.6 is 0 Å². The van der Waals surface area contributed by atoms with Crippen LogP contribution in [-0.2, 0) is 16.5 Å². The van der Waals surface area contributed by atoms with Gasteiger partial charge in [0.15, 0.2) is 0 Å². The molecule has 2 rings (SSSR count). The number of rotatable bonds is 2. The molecule has 13 heavy (non-hydrogen) atoms. The first kappa shape index (κ1) is 8.31. The van der Waals surface area contributed by atoms with E-state index in [1.807, 2.05) is 17.7 Å². The van der Waals surface area contributed by atoms with E-state index < -0.39 is 0 Å². The normalized spacial score (nSPS) is 20.0. The highest BCUT2D eigenvalue weighted by Crippen LogP contribution is 2.30. The average molecular weight is 181 g/mol. The number of hydrogen-bond acceptors (Lipinski definition) is 3. The fourth-order valence-electron chi connectivity index (χ4n) is 1.38. The predicted octanol–water partition coefficient (Wildman–Crippen LogP) is 0.883. The lowest BCUT2D eigenvalue weighted by molar-refractivity contribution is 0.0589. The minimum atomic E-state index is -0.311. The van der Waals surface area contributed by atoms with Crippen molar-refractivity contribution in [2.45, 2.75) is 6.10 Å². The summed E-state index contributed by atoms with van der Waals surface area (Å²) in [7, 11) is 3.21. The first-order chi connectivity index (χ1) is 6.24. The lowest BCUT2D eigenvalue weighted by atomic mass is 10.3. The molecular weight excluding hydrogens is 170 g/mol. The Hall–Kier alpha value is -1.29. The van der Waals surface area contributed by atoms with Crippen LogP contribution in [-0.4, -0.2) is 24.3 Å². The van der Waals surface area contributed by atoms with E-state index in [-0.39, 0.29) is 12.1 Å². The number of carbonyl (C=O) groups excluding carboxylic acids is 1. The van der Waals surface area contributed by atoms with Crippen molar-refractivity contribution in [2.75, 3.05) is 13.7 Å². The topological polar surface area (TPSA) is 43.8 Å². The van der Waals surface area contributed by atoms with Crippen LogP contribution in [0.5, 0.6) is 0 Å². The Morgan fingerprint density at radius 2 is 2.38 bits per heavy atom. The van der Waals surface area contributed by atoms with Crippen molar-refractivity contribution in [1.29, 1.82) is 0 Å². The highest BCUT2D eigenvalue weighted by molar-refractivity contribution is 5.87. The second-order valence-electron chi connectivity index (χ2n) is 3.02. The van der Waals surface area contributed by atoms with Gasteiger partial charge in [-0.15, -0.1) is 0 Å². The summed E-state index contributed by atoms with van der Waals surface area (Å²) in [5, 5.41) is 0. The summed E-state index contributed by atoms with van der Waals surface area (Å²) >= 11 is 0. The molecule has 1 aromatic rings. The minimum absolute atomic E-state index is 0.170. The molecule has 1 aromatic heterocycles. The third kappa shape index (κ3) is 1.33. The van der Waals surface area contributed by atoms with Crippen molar-refractivity contribution < 1.29 is 14.3 Å². The molecule has 4 nitrogen and oxygen atoms in total. The summed E-state index contributed by atoms with van der Waals surface area (Å²) in [6, 6.07) is 3.65. The zero-order chi connectivity index (χ0) is 9.42. The Labute approximate surface area is 76.1 Å². The molecule has 2 heterocycles. The van der Waals surface area contributed by atoms with Gasteiger partial charge in [0.25, 0.3) is 0 Å². The quantitative estimate of drug-likeness (QED) is 0.502. The van der Waals surface area contributed by atoms with Gasteiger partial charge in [-0.1, -0.05) is 0 Å². The predicted molar refractivity (Wildman–Crippen MR) is 45.4 cm³/mol. The number of carbonyl (C=O) groups is 1. The van der Waals surface area contributed by atoms with Crippen LogP contribution < -0.4 is 0 Å². The summed E-state index contributed by atoms with van der Waals surface area (Å²) in [5.41, 5.74) is 1.59. The Morgan fingerprint density at radius 3 is 2.92 bits per heavy atom. The van der Waals surface area contributed by atoms with E-state index in [1.165, 1.54) is 7.11 Å². The third-order valence-corrected chi connectivity index (χ3v) is 2.22. The van der Waals surface area contributed by atoms with Crippen molar-refractivity contribution in [2.24, 2.45) is 7.05 Å². The van der Waals surface area contributed by atoms with Gasteiger partial charge in [0, 0.05) is 12.7 Å². The largest absolute Gasteiger partial charge is 0.464 e. The van der Waals surface area contributed by atoms with Crippen LogP contribution in [0.4, 0.5) is 0 Å². The van der Waals surface area contributed by atoms with Crippen LogP contribution in [0, 0.1) is 0 Å². The van der Waals surface area contributed by atoms with Crippen molar-refractivity contribution in [3.05, 3.63) is 23.5 Å². The number of ether oxygens (including phenoxy) is 2. The zero-order valence-electron chi connectivity index (χ0n) is 7.61. The Balaban J connectivity index is 2.32. The van der Waals surface area contributed by atoms with Crippen molar-refractivity contribution in [3.63, 3.8) is 0 Å². The molecule has 70 valence electrons. The molecule has 0 aliphatic carbocycles. The maximum Gasteiger partial charge on any atom is 0.354 e. The molecule has 0 aromatic carbocycles. The second kappa shape index (κ2) is 2.88. The molecule has 0 saturated carbocycles. The smallest absolute Gasteiger partial charge is 0.354 e. The molecule has 1 fully saturated rings. The number of nitrogens with zero attached hydrogens (tertiary/aromatic N) is 1. The number of hydrogen-bond donors (Lipinski definition) is 0. The fraction of sp³-hybridized carbons (Fsp3) is 0.444. The van der Waals surface area contributed by atoms with Gasteiger partial charge in [-0.3, -0.25) is 0 Å². The maximum atomic E-state index is 11.2. The Morgan fingerprint density at radius 1 is 1.69 bits per heavy atom. The highest BCUT2D eigenvalue weighted by Gasteiger charge is 2.29. The van der Waals surface area contributed by atoms with E-state index in [1.54, 1.807) is 6.07 Å². The summed E-state index contributed by atoms with van der Waals surface area (Å²) in [6.07, 6.45) is 0.170. The summed E-state index contributed by atoms with van der Waals surface area (Å²) in [5.74, 6) is -0.311. The number of esters is 1. The fourth-order valence-corrected chi connectivity index (χ4v) is 1.38. The molecule has 0 spiro atoms. The van der Waals surface area contributed by atoms with E-state index in [0.717, 1.165) is 12.3 Å². The van der Waals surface area contributed by atoms with Gasteiger partial charge < -0.3 is 14.0 Å². The standard InChI is InChI=1S/C9H11NO3/c1-10-6(8-5-13-8)3-4-7(10)9(11)12-2/h3-4,8H,5H2,1-2H3. The molecule has 1 aliphatic rings. The van der Waals surface area contributed by atoms with Crippen LogP contribution in [0.1, 0.15) is 22.3 Å². The van der Waals surface area contributed by atoms with Crippen LogP contribution in [0.15, 0.2) is 12.1 Å². The summed E-state index contributed by atoms with van der Waals surface area (Å²) in [4.78, 5) is 11.2. The van der Waals surface area contributed by atoms with Crippen molar-refractivity contribution in [3.8, 4) is 0 Å². The molecule has 1 unspecified atom stereocenters. The lowest BCUT2D eigenvalue weighted by Crippen LogP contribution is -2.08. The van der Waals surface area contributed by atoms with E-state index in [0.29, 0.717) is 5.69 Å². The van der Waals surface area contributed by atoms with Gasteiger partial charge >= 0.3 is 5.97 Å². The van der Waals surface area contributed by atoms with Gasteiger partial charge in [0.2, 0.25) is 0 Å². The van der Waals surface area contributed by atoms with Gasteiger partial charge in [-0.25, -0.2) is 4.79 Å². The molecule has 0 N–H and O–H groups in total. The van der Waals surface area contributed by atoms with Crippen LogP contribution in [0.2, 0.25) is 0 Å². The van der Waals surface area contributed by atoms with Gasteiger partial charge in [-0.05, 0) is 12.1 Å². The van der Waals surface area contributed by atoms with Gasteiger partial charge in [0.1, 0.15) is 11.8 Å². The highest BCUT2D eigenvalue weighted by atomic mass is 16.6. The molecule has 0 amide bonds. The van der Waals surface area contributed by atoms with E-state index in [4.69, 9.17) is 4.74 Å². The molecule has 1 atom stereocenters. The Bertz CT molecular complexity index is 339. The average Bonchev–Trinajstić information content (AvgIpc) is 2.90. The van der Waals surface area contributed by atoms with Crippen molar-refractivity contribution in [1.82, 2.24) is 4.57 Å². The number of aromatic nitrogens is 1. The van der Waals surface area contributed by atoms with E-state index >= 15 is 0 Å². The first-order valence-electron chi connectivity index (χ1n) is 4.09. The van der Waals surface area contributed by atoms with E-state index in [9.17, 15) is 4.79 Å². The monoisotopic (exact) mass is 181 g/mol. The lowest BCUT2D eigenvalue weighted by Gasteiger charge is -2.03. The zero-order valence-corrected chi connectivity index (χ0v) is 7.61. The van der Waals surface area contributed by atoms with Gasteiger partial charge in [0.05, 0.1) is 13.7 Å². The molecule has 1 saturated heterocycles. The van der Waals surface area contributed by atoms with Crippen LogP contribution in [0.25, 0.3) is 0 Å². The first-order valence-corrected chi connectivity index (χ1v) is 4.09. The molecule has 1 aliphatic heterocycles. The minimum Gasteiger partial charge on any atom is -0.464 e. The SMILES string of the molecule is COC(=O)c1ccc(C2CO2)n1C. The molecule has 0 bridgehead atoms. The van der Waals surface area contributed by atoms with Crippen molar-refractivity contribution >= 4 is 5.97 Å². The van der Waals surface area contributed by atoms with Gasteiger partial charge in [-0.2, -0.15) is 0 Å². The maximum absolute atomic E-state index is 11.2. The van der Waals surface area contributed by atoms with Crippen LogP contribution in [0.3, 0.4) is 0 Å². The van der Waals surface area contributed by atoms with E-state index in [2.05, 4.69) is 4.74 Å². The molecule has 4 heteroatoms. The number of epoxide rings is 1. The number of methoxy groups -OCH3 is 1. The summed E-state index contributed by atoms with van der Waals surface area (Å²) < 4.78 is 11.6. The summed E-state index contributed by atoms with van der Waals surface area (Å²) in [6.45, 7) is 0.748. The second-order valence-corrected chi connectivity index (χ2v) is 3.02.